The number of aliphatic carboxylic acids is 1. The fraction of sp³-hybridized carbons (Fsp3) is 0.500. The van der Waals surface area contributed by atoms with Gasteiger partial charge in [-0.25, -0.2) is 12.7 Å². The first-order chi connectivity index (χ1) is 11.2. The Morgan fingerprint density at radius 2 is 1.71 bits per heavy atom. The Bertz CT molecular complexity index is 656. The highest BCUT2D eigenvalue weighted by Gasteiger charge is 2.29. The maximum Gasteiger partial charge on any atom is 0.308 e. The van der Waals surface area contributed by atoms with Crippen LogP contribution in [0.2, 0.25) is 0 Å². The van der Waals surface area contributed by atoms with Crippen LogP contribution in [0, 0.1) is 5.92 Å². The SMILES string of the molecule is CCN(CC)S(=O)(=O)CC(=O)NC(c1ccccc1)C(C)C(=O)O. The molecule has 0 saturated heterocycles. The van der Waals surface area contributed by atoms with Gasteiger partial charge in [-0.15, -0.1) is 0 Å². The van der Waals surface area contributed by atoms with Crippen molar-refractivity contribution in [2.24, 2.45) is 5.92 Å². The zero-order chi connectivity index (χ0) is 18.3. The zero-order valence-corrected chi connectivity index (χ0v) is 14.9. The van der Waals surface area contributed by atoms with Crippen LogP contribution in [0.25, 0.3) is 0 Å². The van der Waals surface area contributed by atoms with Crippen LogP contribution in [0.4, 0.5) is 0 Å². The Balaban J connectivity index is 2.95. The van der Waals surface area contributed by atoms with E-state index in [9.17, 15) is 23.1 Å². The topological polar surface area (TPSA) is 104 Å². The molecule has 2 atom stereocenters. The van der Waals surface area contributed by atoms with E-state index in [1.807, 2.05) is 0 Å². The van der Waals surface area contributed by atoms with Crippen molar-refractivity contribution < 1.29 is 23.1 Å². The van der Waals surface area contributed by atoms with E-state index in [4.69, 9.17) is 0 Å². The van der Waals surface area contributed by atoms with Crippen LogP contribution in [-0.2, 0) is 19.6 Å². The zero-order valence-electron chi connectivity index (χ0n) is 14.1. The van der Waals surface area contributed by atoms with Crippen LogP contribution >= 0.6 is 0 Å². The largest absolute Gasteiger partial charge is 0.481 e. The molecule has 1 aromatic rings. The molecule has 134 valence electrons. The summed E-state index contributed by atoms with van der Waals surface area (Å²) in [5, 5.41) is 11.8. The van der Waals surface area contributed by atoms with E-state index in [2.05, 4.69) is 5.32 Å². The van der Waals surface area contributed by atoms with Crippen LogP contribution in [0.5, 0.6) is 0 Å². The molecule has 1 amide bonds. The Hall–Kier alpha value is -1.93. The van der Waals surface area contributed by atoms with Gasteiger partial charge in [0.25, 0.3) is 0 Å². The van der Waals surface area contributed by atoms with Crippen molar-refractivity contribution >= 4 is 21.9 Å². The minimum absolute atomic E-state index is 0.278. The Labute approximate surface area is 142 Å². The predicted octanol–water partition coefficient (Wildman–Crippen LogP) is 1.24. The molecule has 0 bridgehead atoms. The third-order valence-electron chi connectivity index (χ3n) is 3.78. The van der Waals surface area contributed by atoms with Gasteiger partial charge >= 0.3 is 5.97 Å². The Morgan fingerprint density at radius 3 is 2.17 bits per heavy atom. The second kappa shape index (κ2) is 8.79. The smallest absolute Gasteiger partial charge is 0.308 e. The molecule has 0 saturated carbocycles. The molecule has 0 aromatic heterocycles. The molecule has 0 aliphatic rings. The molecule has 0 aliphatic heterocycles. The highest BCUT2D eigenvalue weighted by Crippen LogP contribution is 2.22. The first-order valence-corrected chi connectivity index (χ1v) is 9.38. The predicted molar refractivity (Wildman–Crippen MR) is 90.8 cm³/mol. The van der Waals surface area contributed by atoms with Gasteiger partial charge in [-0.05, 0) is 12.5 Å². The summed E-state index contributed by atoms with van der Waals surface area (Å²) in [5.74, 6) is -3.39. The number of rotatable bonds is 9. The summed E-state index contributed by atoms with van der Waals surface area (Å²) in [4.78, 5) is 23.5. The highest BCUT2D eigenvalue weighted by atomic mass is 32.2. The third-order valence-corrected chi connectivity index (χ3v) is 5.71. The molecular weight excluding hydrogens is 332 g/mol. The van der Waals surface area contributed by atoms with E-state index in [1.54, 1.807) is 44.2 Å². The molecule has 7 nitrogen and oxygen atoms in total. The van der Waals surface area contributed by atoms with Gasteiger partial charge in [-0.1, -0.05) is 44.2 Å². The molecule has 0 aliphatic carbocycles. The van der Waals surface area contributed by atoms with Gasteiger partial charge in [0.05, 0.1) is 12.0 Å². The minimum atomic E-state index is -3.72. The molecule has 2 unspecified atom stereocenters. The number of carbonyl (C=O) groups is 2. The summed E-state index contributed by atoms with van der Waals surface area (Å²) in [6.45, 7) is 5.41. The molecule has 1 rings (SSSR count). The van der Waals surface area contributed by atoms with Crippen molar-refractivity contribution in [1.29, 1.82) is 0 Å². The molecular formula is C16H24N2O5S. The van der Waals surface area contributed by atoms with Gasteiger partial charge in [-0.3, -0.25) is 9.59 Å². The van der Waals surface area contributed by atoms with Gasteiger partial charge < -0.3 is 10.4 Å². The lowest BCUT2D eigenvalue weighted by Crippen LogP contribution is -2.42. The van der Waals surface area contributed by atoms with E-state index in [0.29, 0.717) is 5.56 Å². The average Bonchev–Trinajstić information content (AvgIpc) is 2.53. The lowest BCUT2D eigenvalue weighted by Gasteiger charge is -2.24. The molecule has 24 heavy (non-hydrogen) atoms. The van der Waals surface area contributed by atoms with E-state index in [0.717, 1.165) is 0 Å². The Kier molecular flexibility index (Phi) is 7.37. The first kappa shape index (κ1) is 20.1. The summed E-state index contributed by atoms with van der Waals surface area (Å²) in [7, 11) is -3.72. The Morgan fingerprint density at radius 1 is 1.17 bits per heavy atom. The van der Waals surface area contributed by atoms with E-state index in [-0.39, 0.29) is 13.1 Å². The summed E-state index contributed by atoms with van der Waals surface area (Å²) >= 11 is 0. The average molecular weight is 356 g/mol. The normalized spacial score (nSPS) is 14.2. The van der Waals surface area contributed by atoms with Gasteiger partial charge in [0, 0.05) is 13.1 Å². The number of hydrogen-bond acceptors (Lipinski definition) is 4. The summed E-state index contributed by atoms with van der Waals surface area (Å²) in [6, 6.07) is 7.83. The molecule has 1 aromatic carbocycles. The van der Waals surface area contributed by atoms with Gasteiger partial charge in [0.2, 0.25) is 15.9 Å². The molecule has 0 spiro atoms. The number of hydrogen-bond donors (Lipinski definition) is 2. The highest BCUT2D eigenvalue weighted by molar-refractivity contribution is 7.89. The monoisotopic (exact) mass is 356 g/mol. The lowest BCUT2D eigenvalue weighted by atomic mass is 9.94. The first-order valence-electron chi connectivity index (χ1n) is 7.77. The maximum absolute atomic E-state index is 12.2. The fourth-order valence-electron chi connectivity index (χ4n) is 2.39. The van der Waals surface area contributed by atoms with Crippen LogP contribution in [0.15, 0.2) is 30.3 Å². The van der Waals surface area contributed by atoms with Crippen molar-refractivity contribution in [3.05, 3.63) is 35.9 Å². The van der Waals surface area contributed by atoms with Crippen LogP contribution in [-0.4, -0.2) is 48.5 Å². The van der Waals surface area contributed by atoms with Gasteiger partial charge in [0.15, 0.2) is 0 Å². The number of amides is 1. The molecule has 2 N–H and O–H groups in total. The molecule has 0 radical (unpaired) electrons. The van der Waals surface area contributed by atoms with Crippen molar-refractivity contribution in [2.75, 3.05) is 18.8 Å². The molecule has 0 fully saturated rings. The number of carboxylic acids is 1. The summed E-state index contributed by atoms with van der Waals surface area (Å²) < 4.78 is 25.5. The number of benzene rings is 1. The van der Waals surface area contributed by atoms with E-state index in [1.165, 1.54) is 11.2 Å². The summed E-state index contributed by atoms with van der Waals surface area (Å²) in [6.07, 6.45) is 0. The quantitative estimate of drug-likeness (QED) is 0.693. The molecule has 8 heteroatoms. The summed E-state index contributed by atoms with van der Waals surface area (Å²) in [5.41, 5.74) is 0.612. The van der Waals surface area contributed by atoms with Crippen LogP contribution in [0.3, 0.4) is 0 Å². The lowest BCUT2D eigenvalue weighted by molar-refractivity contribution is -0.142. The minimum Gasteiger partial charge on any atom is -0.481 e. The number of nitrogens with zero attached hydrogens (tertiary/aromatic N) is 1. The molecule has 0 heterocycles. The second-order valence-corrected chi connectivity index (χ2v) is 7.39. The number of carbonyl (C=O) groups excluding carboxylic acids is 1. The van der Waals surface area contributed by atoms with Crippen LogP contribution < -0.4 is 5.32 Å². The van der Waals surface area contributed by atoms with Crippen molar-refractivity contribution in [3.63, 3.8) is 0 Å². The maximum atomic E-state index is 12.2. The second-order valence-electron chi connectivity index (χ2n) is 5.42. The number of nitrogens with one attached hydrogen (secondary N) is 1. The fourth-order valence-corrected chi connectivity index (χ4v) is 3.77. The van der Waals surface area contributed by atoms with Crippen LogP contribution in [0.1, 0.15) is 32.4 Å². The van der Waals surface area contributed by atoms with E-state index < -0.39 is 39.6 Å². The third kappa shape index (κ3) is 5.31. The van der Waals surface area contributed by atoms with Crippen molar-refractivity contribution in [2.45, 2.75) is 26.8 Å². The van der Waals surface area contributed by atoms with E-state index >= 15 is 0 Å². The van der Waals surface area contributed by atoms with Crippen molar-refractivity contribution in [1.82, 2.24) is 9.62 Å². The number of sulfonamides is 1. The van der Waals surface area contributed by atoms with Gasteiger partial charge in [0.1, 0.15) is 5.75 Å². The standard InChI is InChI=1S/C16H24N2O5S/c1-4-18(5-2)24(22,23)11-14(19)17-15(12(3)16(20)21)13-9-7-6-8-10-13/h6-10,12,15H,4-5,11H2,1-3H3,(H,17,19)(H,20,21). The van der Waals surface area contributed by atoms with Gasteiger partial charge in [-0.2, -0.15) is 0 Å². The van der Waals surface area contributed by atoms with Crippen molar-refractivity contribution in [3.8, 4) is 0 Å². The number of carboxylic acid groups (broad SMARTS) is 1.